The van der Waals surface area contributed by atoms with Crippen LogP contribution in [0.25, 0.3) is 5.69 Å². The summed E-state index contributed by atoms with van der Waals surface area (Å²) >= 11 is 0. The van der Waals surface area contributed by atoms with Crippen LogP contribution in [0.2, 0.25) is 0 Å². The molecule has 1 aromatic carbocycles. The minimum atomic E-state index is 0.678. The molecule has 2 heterocycles. The number of benzene rings is 1. The van der Waals surface area contributed by atoms with Gasteiger partial charge in [0, 0.05) is 37.2 Å². The lowest BCUT2D eigenvalue weighted by Crippen LogP contribution is -2.45. The molecule has 3 rings (SSSR count). The Morgan fingerprint density at radius 2 is 2.19 bits per heavy atom. The first-order valence-corrected chi connectivity index (χ1v) is 7.89. The Hall–Kier alpha value is -1.65. The molecule has 2 aromatic rings. The van der Waals surface area contributed by atoms with Gasteiger partial charge in [0.05, 0.1) is 6.33 Å². The van der Waals surface area contributed by atoms with E-state index in [0.717, 1.165) is 19.6 Å². The van der Waals surface area contributed by atoms with Gasteiger partial charge in [-0.15, -0.1) is 0 Å². The van der Waals surface area contributed by atoms with E-state index in [0.29, 0.717) is 6.04 Å². The third-order valence-corrected chi connectivity index (χ3v) is 4.32. The zero-order chi connectivity index (χ0) is 14.5. The first kappa shape index (κ1) is 14.3. The molecule has 1 unspecified atom stereocenters. The fourth-order valence-corrected chi connectivity index (χ4v) is 3.06. The second kappa shape index (κ2) is 6.87. The Kier molecular flexibility index (Phi) is 4.68. The Morgan fingerprint density at radius 3 is 2.81 bits per heavy atom. The molecular weight excluding hydrogens is 260 g/mol. The third kappa shape index (κ3) is 3.52. The molecule has 0 spiro atoms. The van der Waals surface area contributed by atoms with Crippen molar-refractivity contribution in [2.75, 3.05) is 19.6 Å². The quantitative estimate of drug-likeness (QED) is 0.915. The van der Waals surface area contributed by atoms with E-state index >= 15 is 0 Å². The van der Waals surface area contributed by atoms with Gasteiger partial charge in [-0.25, -0.2) is 4.98 Å². The van der Waals surface area contributed by atoms with Crippen molar-refractivity contribution in [3.8, 4) is 5.69 Å². The summed E-state index contributed by atoms with van der Waals surface area (Å²) < 4.78 is 2.03. The van der Waals surface area contributed by atoms with E-state index in [1.807, 2.05) is 23.3 Å². The maximum atomic E-state index is 4.09. The minimum absolute atomic E-state index is 0.678. The Bertz CT molecular complexity index is 526. The number of nitrogens with one attached hydrogen (secondary N) is 1. The standard InChI is InChI=1S/C17H24N4/c1-2-20(17-4-3-9-18-12-17)13-15-5-7-16(8-6-15)21-11-10-19-14-21/h5-8,10-11,14,17-18H,2-4,9,12-13H2,1H3. The zero-order valence-corrected chi connectivity index (χ0v) is 12.7. The zero-order valence-electron chi connectivity index (χ0n) is 12.7. The van der Waals surface area contributed by atoms with Crippen molar-refractivity contribution in [3.05, 3.63) is 48.5 Å². The number of piperidine rings is 1. The van der Waals surface area contributed by atoms with Crippen LogP contribution in [0.15, 0.2) is 43.0 Å². The second-order valence-corrected chi connectivity index (χ2v) is 5.70. The SMILES string of the molecule is CCN(Cc1ccc(-n2ccnc2)cc1)C1CCCNC1. The van der Waals surface area contributed by atoms with Gasteiger partial charge in [0.15, 0.2) is 0 Å². The second-order valence-electron chi connectivity index (χ2n) is 5.70. The highest BCUT2D eigenvalue weighted by Crippen LogP contribution is 2.16. The largest absolute Gasteiger partial charge is 0.315 e. The van der Waals surface area contributed by atoms with Crippen LogP contribution < -0.4 is 5.32 Å². The van der Waals surface area contributed by atoms with Crippen LogP contribution in [0, 0.1) is 0 Å². The summed E-state index contributed by atoms with van der Waals surface area (Å²) in [7, 11) is 0. The first-order valence-electron chi connectivity index (χ1n) is 7.89. The van der Waals surface area contributed by atoms with Crippen LogP contribution in [0.5, 0.6) is 0 Å². The highest BCUT2D eigenvalue weighted by atomic mass is 15.2. The highest BCUT2D eigenvalue weighted by molar-refractivity contribution is 5.34. The lowest BCUT2D eigenvalue weighted by Gasteiger charge is -2.34. The van der Waals surface area contributed by atoms with Crippen molar-refractivity contribution in [1.29, 1.82) is 0 Å². The van der Waals surface area contributed by atoms with Crippen molar-refractivity contribution in [2.24, 2.45) is 0 Å². The van der Waals surface area contributed by atoms with Crippen LogP contribution in [-0.2, 0) is 6.54 Å². The highest BCUT2D eigenvalue weighted by Gasteiger charge is 2.19. The molecule has 4 heteroatoms. The monoisotopic (exact) mass is 284 g/mol. The first-order chi connectivity index (χ1) is 10.4. The Labute approximate surface area is 126 Å². The number of rotatable bonds is 5. The van der Waals surface area contributed by atoms with E-state index in [1.54, 1.807) is 0 Å². The molecule has 1 aliphatic heterocycles. The van der Waals surface area contributed by atoms with E-state index < -0.39 is 0 Å². The van der Waals surface area contributed by atoms with Gasteiger partial charge in [0.2, 0.25) is 0 Å². The fraction of sp³-hybridized carbons (Fsp3) is 0.471. The molecule has 1 saturated heterocycles. The summed E-state index contributed by atoms with van der Waals surface area (Å²) in [6.07, 6.45) is 8.22. The van der Waals surface area contributed by atoms with E-state index in [2.05, 4.69) is 46.4 Å². The van der Waals surface area contributed by atoms with Crippen LogP contribution in [0.4, 0.5) is 0 Å². The number of hydrogen-bond donors (Lipinski definition) is 1. The minimum Gasteiger partial charge on any atom is -0.315 e. The number of imidazole rings is 1. The molecule has 0 aliphatic carbocycles. The Balaban J connectivity index is 1.66. The summed E-state index contributed by atoms with van der Waals surface area (Å²) in [5, 5.41) is 3.51. The van der Waals surface area contributed by atoms with Gasteiger partial charge >= 0.3 is 0 Å². The van der Waals surface area contributed by atoms with Crippen molar-refractivity contribution in [1.82, 2.24) is 19.8 Å². The van der Waals surface area contributed by atoms with Gasteiger partial charge < -0.3 is 9.88 Å². The van der Waals surface area contributed by atoms with Crippen LogP contribution in [0.1, 0.15) is 25.3 Å². The van der Waals surface area contributed by atoms with E-state index in [-0.39, 0.29) is 0 Å². The van der Waals surface area contributed by atoms with Gasteiger partial charge in [0.25, 0.3) is 0 Å². The average Bonchev–Trinajstić information content (AvgIpc) is 3.08. The maximum absolute atomic E-state index is 4.09. The smallest absolute Gasteiger partial charge is 0.0991 e. The van der Waals surface area contributed by atoms with Crippen molar-refractivity contribution in [3.63, 3.8) is 0 Å². The number of nitrogens with zero attached hydrogens (tertiary/aromatic N) is 3. The molecule has 0 bridgehead atoms. The van der Waals surface area contributed by atoms with Crippen molar-refractivity contribution >= 4 is 0 Å². The van der Waals surface area contributed by atoms with Gasteiger partial charge in [-0.2, -0.15) is 0 Å². The molecule has 1 fully saturated rings. The summed E-state index contributed by atoms with van der Waals surface area (Å²) in [4.78, 5) is 6.67. The summed E-state index contributed by atoms with van der Waals surface area (Å²) in [6.45, 7) is 6.70. The van der Waals surface area contributed by atoms with Gasteiger partial charge in [0.1, 0.15) is 0 Å². The van der Waals surface area contributed by atoms with Gasteiger partial charge in [-0.1, -0.05) is 19.1 Å². The molecule has 0 radical (unpaired) electrons. The van der Waals surface area contributed by atoms with E-state index in [9.17, 15) is 0 Å². The van der Waals surface area contributed by atoms with Gasteiger partial charge in [-0.05, 0) is 43.6 Å². The molecule has 4 nitrogen and oxygen atoms in total. The molecular formula is C17H24N4. The lowest BCUT2D eigenvalue weighted by molar-refractivity contribution is 0.166. The molecule has 1 aromatic heterocycles. The maximum Gasteiger partial charge on any atom is 0.0991 e. The number of likely N-dealkylation sites (N-methyl/N-ethyl adjacent to an activating group) is 1. The summed E-state index contributed by atoms with van der Waals surface area (Å²) in [6, 6.07) is 9.48. The molecule has 1 atom stereocenters. The normalized spacial score (nSPS) is 19.0. The van der Waals surface area contributed by atoms with Crippen LogP contribution in [-0.4, -0.2) is 40.1 Å². The molecule has 1 N–H and O–H groups in total. The number of hydrogen-bond acceptors (Lipinski definition) is 3. The summed E-state index contributed by atoms with van der Waals surface area (Å²) in [5.74, 6) is 0. The third-order valence-electron chi connectivity index (χ3n) is 4.32. The molecule has 0 saturated carbocycles. The van der Waals surface area contributed by atoms with E-state index in [1.165, 1.54) is 30.6 Å². The molecule has 112 valence electrons. The predicted octanol–water partition coefficient (Wildman–Crippen LogP) is 2.45. The van der Waals surface area contributed by atoms with Crippen LogP contribution >= 0.6 is 0 Å². The Morgan fingerprint density at radius 1 is 1.33 bits per heavy atom. The molecule has 0 amide bonds. The predicted molar refractivity (Wildman–Crippen MR) is 85.5 cm³/mol. The van der Waals surface area contributed by atoms with Crippen molar-refractivity contribution in [2.45, 2.75) is 32.4 Å². The lowest BCUT2D eigenvalue weighted by atomic mass is 10.0. The van der Waals surface area contributed by atoms with Crippen molar-refractivity contribution < 1.29 is 0 Å². The average molecular weight is 284 g/mol. The molecule has 21 heavy (non-hydrogen) atoms. The van der Waals surface area contributed by atoms with Crippen LogP contribution in [0.3, 0.4) is 0 Å². The molecule has 1 aliphatic rings. The van der Waals surface area contributed by atoms with Gasteiger partial charge in [-0.3, -0.25) is 4.90 Å². The van der Waals surface area contributed by atoms with E-state index in [4.69, 9.17) is 0 Å². The fourth-order valence-electron chi connectivity index (χ4n) is 3.06. The topological polar surface area (TPSA) is 33.1 Å². The number of aromatic nitrogens is 2. The summed E-state index contributed by atoms with van der Waals surface area (Å²) in [5.41, 5.74) is 2.55.